The Labute approximate surface area is 96.9 Å². The van der Waals surface area contributed by atoms with E-state index >= 15 is 0 Å². The van der Waals surface area contributed by atoms with E-state index in [9.17, 15) is 0 Å². The van der Waals surface area contributed by atoms with Crippen LogP contribution in [0.1, 0.15) is 31.7 Å². The van der Waals surface area contributed by atoms with Crippen LogP contribution in [0, 0.1) is 0 Å². The van der Waals surface area contributed by atoms with Gasteiger partial charge in [0.2, 0.25) is 0 Å². The van der Waals surface area contributed by atoms with Gasteiger partial charge in [-0.2, -0.15) is 0 Å². The summed E-state index contributed by atoms with van der Waals surface area (Å²) < 4.78 is 11.4. The molecule has 0 unspecified atom stereocenters. The summed E-state index contributed by atoms with van der Waals surface area (Å²) in [4.78, 5) is 0. The van der Waals surface area contributed by atoms with E-state index in [4.69, 9.17) is 9.47 Å². The first-order valence-corrected chi connectivity index (χ1v) is 5.97. The number of hydrogen-bond donors (Lipinski definition) is 0. The Morgan fingerprint density at radius 1 is 1.25 bits per heavy atom. The molecule has 1 aromatic rings. The predicted octanol–water partition coefficient (Wildman–Crippen LogP) is 3.63. The van der Waals surface area contributed by atoms with Crippen LogP contribution >= 0.6 is 0 Å². The number of ether oxygens (including phenoxy) is 2. The molecule has 0 spiro atoms. The van der Waals surface area contributed by atoms with E-state index in [0.29, 0.717) is 6.61 Å². The van der Waals surface area contributed by atoms with Crippen molar-refractivity contribution >= 4 is 5.76 Å². The predicted molar refractivity (Wildman–Crippen MR) is 65.4 cm³/mol. The number of hydrogen-bond acceptors (Lipinski definition) is 2. The largest absolute Gasteiger partial charge is 0.493 e. The van der Waals surface area contributed by atoms with Crippen molar-refractivity contribution in [2.75, 3.05) is 13.2 Å². The maximum Gasteiger partial charge on any atom is 0.130 e. The molecule has 0 N–H and O–H groups in total. The van der Waals surface area contributed by atoms with Crippen LogP contribution in [0.15, 0.2) is 30.3 Å². The summed E-state index contributed by atoms with van der Waals surface area (Å²) in [6.07, 6.45) is 5.50. The third kappa shape index (κ3) is 2.57. The van der Waals surface area contributed by atoms with Gasteiger partial charge in [0, 0.05) is 0 Å². The fourth-order valence-corrected chi connectivity index (χ4v) is 1.86. The van der Waals surface area contributed by atoms with Crippen LogP contribution in [0.25, 0.3) is 5.76 Å². The summed E-state index contributed by atoms with van der Waals surface area (Å²) in [6, 6.07) is 8.09. The normalized spacial score (nSPS) is 19.2. The molecule has 1 heterocycles. The average Bonchev–Trinajstić information content (AvgIpc) is 2.41. The minimum absolute atomic E-state index is 0.695. The first-order valence-electron chi connectivity index (χ1n) is 5.97. The molecule has 0 saturated carbocycles. The summed E-state index contributed by atoms with van der Waals surface area (Å²) >= 11 is 0. The maximum atomic E-state index is 5.76. The van der Waals surface area contributed by atoms with Crippen molar-refractivity contribution in [2.45, 2.75) is 26.2 Å². The molecule has 2 rings (SSSR count). The molecule has 0 fully saturated rings. The minimum Gasteiger partial charge on any atom is -0.493 e. The molecule has 0 atom stereocenters. The van der Waals surface area contributed by atoms with Crippen LogP contribution in [-0.2, 0) is 4.74 Å². The second kappa shape index (κ2) is 5.59. The average molecular weight is 218 g/mol. The third-order valence-electron chi connectivity index (χ3n) is 2.64. The molecule has 0 aliphatic carbocycles. The van der Waals surface area contributed by atoms with Gasteiger partial charge in [0.25, 0.3) is 0 Å². The zero-order chi connectivity index (χ0) is 11.2. The van der Waals surface area contributed by atoms with Crippen molar-refractivity contribution in [3.63, 3.8) is 0 Å². The Morgan fingerprint density at radius 2 is 2.12 bits per heavy atom. The minimum atomic E-state index is 0.695. The van der Waals surface area contributed by atoms with Gasteiger partial charge in [0.05, 0.1) is 18.8 Å². The molecule has 0 radical (unpaired) electrons. The second-order valence-electron chi connectivity index (χ2n) is 3.84. The number of allylic oxidation sites excluding steroid dienone is 1. The van der Waals surface area contributed by atoms with Crippen LogP contribution in [0.4, 0.5) is 0 Å². The van der Waals surface area contributed by atoms with Crippen molar-refractivity contribution in [3.8, 4) is 5.75 Å². The smallest absolute Gasteiger partial charge is 0.130 e. The zero-order valence-corrected chi connectivity index (χ0v) is 9.74. The summed E-state index contributed by atoms with van der Waals surface area (Å²) in [5.41, 5.74) is 1.08. The lowest BCUT2D eigenvalue weighted by Gasteiger charge is -2.13. The van der Waals surface area contributed by atoms with Gasteiger partial charge in [-0.15, -0.1) is 0 Å². The van der Waals surface area contributed by atoms with Crippen LogP contribution in [0.5, 0.6) is 5.75 Å². The van der Waals surface area contributed by atoms with Gasteiger partial charge < -0.3 is 9.47 Å². The summed E-state index contributed by atoms with van der Waals surface area (Å²) in [7, 11) is 0. The SMILES string of the molecule is CCO/C1=C\CCCCOc2ccccc21. The van der Waals surface area contributed by atoms with E-state index in [2.05, 4.69) is 12.1 Å². The topological polar surface area (TPSA) is 18.5 Å². The molecule has 1 aliphatic heterocycles. The van der Waals surface area contributed by atoms with E-state index in [-0.39, 0.29) is 0 Å². The van der Waals surface area contributed by atoms with E-state index < -0.39 is 0 Å². The fourth-order valence-electron chi connectivity index (χ4n) is 1.86. The Kier molecular flexibility index (Phi) is 3.86. The number of benzene rings is 1. The molecule has 2 heteroatoms. The quantitative estimate of drug-likeness (QED) is 0.754. The molecule has 1 aromatic carbocycles. The molecule has 0 bridgehead atoms. The number of fused-ring (bicyclic) bond motifs is 1. The van der Waals surface area contributed by atoms with Gasteiger partial charge in [0.15, 0.2) is 0 Å². The molecule has 2 nitrogen and oxygen atoms in total. The Balaban J connectivity index is 2.34. The highest BCUT2D eigenvalue weighted by Gasteiger charge is 2.10. The summed E-state index contributed by atoms with van der Waals surface area (Å²) in [5.74, 6) is 1.89. The van der Waals surface area contributed by atoms with Crippen molar-refractivity contribution in [1.29, 1.82) is 0 Å². The molecule has 1 aliphatic rings. The van der Waals surface area contributed by atoms with Crippen LogP contribution < -0.4 is 4.74 Å². The van der Waals surface area contributed by atoms with Gasteiger partial charge in [0.1, 0.15) is 11.5 Å². The first-order chi connectivity index (χ1) is 7.92. The van der Waals surface area contributed by atoms with Gasteiger partial charge >= 0.3 is 0 Å². The Hall–Kier alpha value is -1.44. The van der Waals surface area contributed by atoms with Crippen LogP contribution in [0.3, 0.4) is 0 Å². The lowest BCUT2D eigenvalue weighted by atomic mass is 10.1. The van der Waals surface area contributed by atoms with Crippen molar-refractivity contribution < 1.29 is 9.47 Å². The van der Waals surface area contributed by atoms with Gasteiger partial charge in [-0.25, -0.2) is 0 Å². The first kappa shape index (κ1) is 11.1. The highest BCUT2D eigenvalue weighted by Crippen LogP contribution is 2.28. The van der Waals surface area contributed by atoms with Gasteiger partial charge in [-0.1, -0.05) is 12.1 Å². The van der Waals surface area contributed by atoms with E-state index in [0.717, 1.165) is 42.9 Å². The van der Waals surface area contributed by atoms with E-state index in [1.165, 1.54) is 0 Å². The Morgan fingerprint density at radius 3 is 3.00 bits per heavy atom. The highest BCUT2D eigenvalue weighted by molar-refractivity contribution is 5.65. The second-order valence-corrected chi connectivity index (χ2v) is 3.84. The zero-order valence-electron chi connectivity index (χ0n) is 9.74. The highest BCUT2D eigenvalue weighted by atomic mass is 16.5. The third-order valence-corrected chi connectivity index (χ3v) is 2.64. The number of para-hydroxylation sites is 1. The molecule has 0 amide bonds. The van der Waals surface area contributed by atoms with Crippen LogP contribution in [-0.4, -0.2) is 13.2 Å². The lowest BCUT2D eigenvalue weighted by molar-refractivity contribution is 0.289. The molecule has 16 heavy (non-hydrogen) atoms. The summed E-state index contributed by atoms with van der Waals surface area (Å²) in [6.45, 7) is 3.50. The monoisotopic (exact) mass is 218 g/mol. The van der Waals surface area contributed by atoms with Gasteiger partial charge in [-0.3, -0.25) is 0 Å². The Bertz CT molecular complexity index is 369. The standard InChI is InChI=1S/C14H18O2/c1-2-15-13-9-4-3-7-11-16-14-10-6-5-8-12(13)14/h5-6,8-10H,2-4,7,11H2,1H3/b13-9-. The van der Waals surface area contributed by atoms with Gasteiger partial charge in [-0.05, 0) is 44.4 Å². The molecular formula is C14H18O2. The van der Waals surface area contributed by atoms with Crippen molar-refractivity contribution in [1.82, 2.24) is 0 Å². The van der Waals surface area contributed by atoms with E-state index in [1.807, 2.05) is 25.1 Å². The molecular weight excluding hydrogens is 200 g/mol. The van der Waals surface area contributed by atoms with Crippen molar-refractivity contribution in [3.05, 3.63) is 35.9 Å². The van der Waals surface area contributed by atoms with Crippen molar-refractivity contribution in [2.24, 2.45) is 0 Å². The molecule has 86 valence electrons. The molecule has 0 saturated heterocycles. The maximum absolute atomic E-state index is 5.76. The fraction of sp³-hybridized carbons (Fsp3) is 0.429. The number of rotatable bonds is 2. The molecule has 0 aromatic heterocycles. The van der Waals surface area contributed by atoms with E-state index in [1.54, 1.807) is 0 Å². The van der Waals surface area contributed by atoms with Crippen LogP contribution in [0.2, 0.25) is 0 Å². The lowest BCUT2D eigenvalue weighted by Crippen LogP contribution is -1.99. The summed E-state index contributed by atoms with van der Waals surface area (Å²) in [5, 5.41) is 0.